The zero-order valence-electron chi connectivity index (χ0n) is 13.7. The quantitative estimate of drug-likeness (QED) is 0.721. The molecule has 0 radical (unpaired) electrons. The average Bonchev–Trinajstić information content (AvgIpc) is 2.96. The Kier molecular flexibility index (Phi) is 5.16. The van der Waals surface area contributed by atoms with Gasteiger partial charge in [-0.05, 0) is 18.2 Å². The number of aliphatic hydroxyl groups excluding tert-OH is 1. The standard InChI is InChI=1S/C18H18F2N4O/c1-24-11-13(18(23-24)12-4-6-21-7-5-12)9-22-10-17(25)15-3-2-14(19)8-16(15)20/h2-8,11,17,22,25H,9-10H2,1H3. The average molecular weight is 344 g/mol. The minimum atomic E-state index is -1.07. The minimum Gasteiger partial charge on any atom is -0.387 e. The first-order chi connectivity index (χ1) is 12.0. The largest absolute Gasteiger partial charge is 0.387 e. The van der Waals surface area contributed by atoms with E-state index in [0.717, 1.165) is 29.0 Å². The third-order valence-electron chi connectivity index (χ3n) is 3.83. The van der Waals surface area contributed by atoms with E-state index in [-0.39, 0.29) is 12.1 Å². The second kappa shape index (κ2) is 7.50. The van der Waals surface area contributed by atoms with Crippen molar-refractivity contribution in [2.75, 3.05) is 6.54 Å². The highest BCUT2D eigenvalue weighted by Crippen LogP contribution is 2.21. The van der Waals surface area contributed by atoms with Gasteiger partial charge >= 0.3 is 0 Å². The molecule has 5 nitrogen and oxygen atoms in total. The van der Waals surface area contributed by atoms with Gasteiger partial charge in [0.05, 0.1) is 11.8 Å². The van der Waals surface area contributed by atoms with Crippen molar-refractivity contribution in [3.63, 3.8) is 0 Å². The minimum absolute atomic E-state index is 0.0643. The summed E-state index contributed by atoms with van der Waals surface area (Å²) in [6.07, 6.45) is 4.21. The Hall–Kier alpha value is -2.64. The SMILES string of the molecule is Cn1cc(CNCC(O)c2ccc(F)cc2F)c(-c2ccncc2)n1. The van der Waals surface area contributed by atoms with E-state index in [0.29, 0.717) is 6.54 Å². The summed E-state index contributed by atoms with van der Waals surface area (Å²) in [6, 6.07) is 6.89. The van der Waals surface area contributed by atoms with Crippen LogP contribution < -0.4 is 5.32 Å². The Morgan fingerprint density at radius 2 is 1.96 bits per heavy atom. The molecule has 0 aliphatic heterocycles. The van der Waals surface area contributed by atoms with Crippen molar-refractivity contribution in [1.82, 2.24) is 20.1 Å². The number of rotatable bonds is 6. The van der Waals surface area contributed by atoms with E-state index in [1.54, 1.807) is 17.1 Å². The Morgan fingerprint density at radius 3 is 2.68 bits per heavy atom. The van der Waals surface area contributed by atoms with E-state index >= 15 is 0 Å². The van der Waals surface area contributed by atoms with Crippen LogP contribution in [-0.2, 0) is 13.6 Å². The van der Waals surface area contributed by atoms with Crippen LogP contribution in [0.2, 0.25) is 0 Å². The summed E-state index contributed by atoms with van der Waals surface area (Å²) in [4.78, 5) is 4.00. The van der Waals surface area contributed by atoms with E-state index in [4.69, 9.17) is 0 Å². The maximum atomic E-state index is 13.7. The van der Waals surface area contributed by atoms with Crippen LogP contribution in [-0.4, -0.2) is 26.4 Å². The molecule has 130 valence electrons. The molecule has 1 atom stereocenters. The number of benzene rings is 1. The van der Waals surface area contributed by atoms with E-state index < -0.39 is 17.7 Å². The highest BCUT2D eigenvalue weighted by Gasteiger charge is 2.14. The van der Waals surface area contributed by atoms with Crippen LogP contribution in [0.3, 0.4) is 0 Å². The number of nitrogens with one attached hydrogen (secondary N) is 1. The molecule has 3 rings (SSSR count). The first-order valence-electron chi connectivity index (χ1n) is 7.81. The second-order valence-corrected chi connectivity index (χ2v) is 5.73. The number of halogens is 2. The van der Waals surface area contributed by atoms with Crippen molar-refractivity contribution in [2.45, 2.75) is 12.6 Å². The first-order valence-corrected chi connectivity index (χ1v) is 7.81. The van der Waals surface area contributed by atoms with Gasteiger partial charge in [0.2, 0.25) is 0 Å². The number of pyridine rings is 1. The van der Waals surface area contributed by atoms with Crippen LogP contribution in [0.1, 0.15) is 17.2 Å². The van der Waals surface area contributed by atoms with E-state index in [1.165, 1.54) is 6.07 Å². The molecule has 0 spiro atoms. The van der Waals surface area contributed by atoms with Crippen molar-refractivity contribution in [3.05, 3.63) is 71.7 Å². The predicted molar refractivity (Wildman–Crippen MR) is 89.5 cm³/mol. The van der Waals surface area contributed by atoms with Crippen molar-refractivity contribution >= 4 is 0 Å². The van der Waals surface area contributed by atoms with Crippen LogP contribution >= 0.6 is 0 Å². The second-order valence-electron chi connectivity index (χ2n) is 5.73. The molecule has 2 aromatic heterocycles. The number of aromatic nitrogens is 3. The van der Waals surface area contributed by atoms with Crippen molar-refractivity contribution in [2.24, 2.45) is 7.05 Å². The Bertz CT molecular complexity index is 852. The van der Waals surface area contributed by atoms with E-state index in [1.807, 2.05) is 25.4 Å². The van der Waals surface area contributed by atoms with Gasteiger partial charge in [-0.3, -0.25) is 9.67 Å². The fourth-order valence-electron chi connectivity index (χ4n) is 2.65. The Morgan fingerprint density at radius 1 is 1.20 bits per heavy atom. The molecule has 0 saturated carbocycles. The first kappa shape index (κ1) is 17.2. The van der Waals surface area contributed by atoms with Crippen LogP contribution in [0.25, 0.3) is 11.3 Å². The molecule has 2 N–H and O–H groups in total. The zero-order valence-corrected chi connectivity index (χ0v) is 13.7. The van der Waals surface area contributed by atoms with Crippen molar-refractivity contribution < 1.29 is 13.9 Å². The number of hydrogen-bond donors (Lipinski definition) is 2. The summed E-state index contributed by atoms with van der Waals surface area (Å²) in [5.74, 6) is -1.42. The Balaban J connectivity index is 1.66. The molecule has 0 amide bonds. The molecule has 25 heavy (non-hydrogen) atoms. The van der Waals surface area contributed by atoms with Crippen molar-refractivity contribution in [3.8, 4) is 11.3 Å². The lowest BCUT2D eigenvalue weighted by molar-refractivity contribution is 0.169. The molecule has 1 aromatic carbocycles. The molecular weight excluding hydrogens is 326 g/mol. The number of nitrogens with zero attached hydrogens (tertiary/aromatic N) is 3. The maximum absolute atomic E-state index is 13.7. The summed E-state index contributed by atoms with van der Waals surface area (Å²) >= 11 is 0. The monoisotopic (exact) mass is 344 g/mol. The van der Waals surface area contributed by atoms with Gasteiger partial charge in [-0.25, -0.2) is 8.78 Å². The van der Waals surface area contributed by atoms with Crippen LogP contribution in [0.4, 0.5) is 8.78 Å². The third kappa shape index (κ3) is 4.07. The number of aryl methyl sites for hydroxylation is 1. The number of hydrogen-bond acceptors (Lipinski definition) is 4. The summed E-state index contributed by atoms with van der Waals surface area (Å²) < 4.78 is 28.3. The van der Waals surface area contributed by atoms with Gasteiger partial charge < -0.3 is 10.4 Å². The van der Waals surface area contributed by atoms with Gasteiger partial charge in [-0.15, -0.1) is 0 Å². The lowest BCUT2D eigenvalue weighted by atomic mass is 10.1. The van der Waals surface area contributed by atoms with Crippen molar-refractivity contribution in [1.29, 1.82) is 0 Å². The van der Waals surface area contributed by atoms with Gasteiger partial charge in [0.25, 0.3) is 0 Å². The lowest BCUT2D eigenvalue weighted by Gasteiger charge is -2.13. The van der Waals surface area contributed by atoms with Gasteiger partial charge in [0, 0.05) is 61.5 Å². The Labute approximate surface area is 144 Å². The normalized spacial score (nSPS) is 12.3. The molecule has 0 aliphatic carbocycles. The lowest BCUT2D eigenvalue weighted by Crippen LogP contribution is -2.22. The van der Waals surface area contributed by atoms with Gasteiger partial charge in [-0.1, -0.05) is 6.07 Å². The molecule has 0 fully saturated rings. The molecule has 0 bridgehead atoms. The van der Waals surface area contributed by atoms with Crippen LogP contribution in [0, 0.1) is 11.6 Å². The fourth-order valence-corrected chi connectivity index (χ4v) is 2.65. The highest BCUT2D eigenvalue weighted by atomic mass is 19.1. The number of aliphatic hydroxyl groups is 1. The molecule has 7 heteroatoms. The van der Waals surface area contributed by atoms with Crippen LogP contribution in [0.15, 0.2) is 48.9 Å². The van der Waals surface area contributed by atoms with Crippen LogP contribution in [0.5, 0.6) is 0 Å². The summed E-state index contributed by atoms with van der Waals surface area (Å²) in [7, 11) is 1.83. The fraction of sp³-hybridized carbons (Fsp3) is 0.222. The predicted octanol–water partition coefficient (Wildman–Crippen LogP) is 2.58. The summed E-state index contributed by atoms with van der Waals surface area (Å²) in [5.41, 5.74) is 2.77. The maximum Gasteiger partial charge on any atom is 0.131 e. The highest BCUT2D eigenvalue weighted by molar-refractivity contribution is 5.61. The smallest absolute Gasteiger partial charge is 0.131 e. The molecule has 2 heterocycles. The van der Waals surface area contributed by atoms with E-state index in [2.05, 4.69) is 15.4 Å². The molecule has 0 aliphatic rings. The van der Waals surface area contributed by atoms with Gasteiger partial charge in [-0.2, -0.15) is 5.10 Å². The topological polar surface area (TPSA) is 63.0 Å². The summed E-state index contributed by atoms with van der Waals surface area (Å²) in [5, 5.41) is 17.6. The molecule has 3 aromatic rings. The van der Waals surface area contributed by atoms with Gasteiger partial charge in [0.15, 0.2) is 0 Å². The molecule has 1 unspecified atom stereocenters. The van der Waals surface area contributed by atoms with E-state index in [9.17, 15) is 13.9 Å². The molecule has 0 saturated heterocycles. The summed E-state index contributed by atoms with van der Waals surface area (Å²) in [6.45, 7) is 0.582. The molecular formula is C18H18F2N4O. The van der Waals surface area contributed by atoms with Gasteiger partial charge in [0.1, 0.15) is 11.6 Å². The third-order valence-corrected chi connectivity index (χ3v) is 3.83. The zero-order chi connectivity index (χ0) is 17.8.